The maximum absolute atomic E-state index is 11.2. The third-order valence-corrected chi connectivity index (χ3v) is 3.29. The summed E-state index contributed by atoms with van der Waals surface area (Å²) >= 11 is 0. The molecule has 104 valence electrons. The zero-order valence-corrected chi connectivity index (χ0v) is 11.6. The van der Waals surface area contributed by atoms with E-state index in [9.17, 15) is 9.59 Å². The Morgan fingerprint density at radius 2 is 1.56 bits per heavy atom. The van der Waals surface area contributed by atoms with Crippen LogP contribution in [0.3, 0.4) is 0 Å². The molecule has 0 amide bonds. The Bertz CT molecular complexity index is 315. The molecule has 0 unspecified atom stereocenters. The average molecular weight is 258 g/mol. The van der Waals surface area contributed by atoms with Crippen molar-refractivity contribution in [3.8, 4) is 0 Å². The largest absolute Gasteiger partial charge is 0.458 e. The lowest BCUT2D eigenvalue weighted by molar-refractivity contribution is -0.220. The van der Waals surface area contributed by atoms with Gasteiger partial charge in [0.1, 0.15) is 6.10 Å². The molecule has 0 aliphatic carbocycles. The van der Waals surface area contributed by atoms with E-state index in [1.807, 2.05) is 20.8 Å². The standard InChI is InChI=1S/C13H22O5/c1-6-11-7(2)12(17-9(4)14)13(8(3)16-11)18-10(5)15/h7-8,11-13H,6H2,1-5H3/t7-,8+,11-,12+,13+/m1/s1. The van der Waals surface area contributed by atoms with E-state index in [0.29, 0.717) is 0 Å². The number of rotatable bonds is 3. The van der Waals surface area contributed by atoms with E-state index in [-0.39, 0.29) is 24.1 Å². The summed E-state index contributed by atoms with van der Waals surface area (Å²) in [6, 6.07) is 0. The Morgan fingerprint density at radius 1 is 1.06 bits per heavy atom. The lowest BCUT2D eigenvalue weighted by Gasteiger charge is -2.43. The Hall–Kier alpha value is -1.10. The lowest BCUT2D eigenvalue weighted by atomic mass is 9.87. The van der Waals surface area contributed by atoms with Gasteiger partial charge in [-0.2, -0.15) is 0 Å². The number of esters is 2. The van der Waals surface area contributed by atoms with Gasteiger partial charge in [0.25, 0.3) is 0 Å². The van der Waals surface area contributed by atoms with Crippen LogP contribution in [0.15, 0.2) is 0 Å². The van der Waals surface area contributed by atoms with Crippen LogP contribution in [0, 0.1) is 5.92 Å². The number of carbonyl (C=O) groups is 2. The van der Waals surface area contributed by atoms with Crippen LogP contribution in [0.1, 0.15) is 41.0 Å². The van der Waals surface area contributed by atoms with Crippen molar-refractivity contribution in [2.75, 3.05) is 0 Å². The predicted molar refractivity (Wildman–Crippen MR) is 64.9 cm³/mol. The number of carbonyl (C=O) groups excluding carboxylic acids is 2. The molecule has 0 saturated carbocycles. The van der Waals surface area contributed by atoms with Crippen LogP contribution in [-0.4, -0.2) is 36.4 Å². The van der Waals surface area contributed by atoms with Gasteiger partial charge in [0.05, 0.1) is 12.2 Å². The fourth-order valence-electron chi connectivity index (χ4n) is 2.44. The van der Waals surface area contributed by atoms with Gasteiger partial charge >= 0.3 is 11.9 Å². The van der Waals surface area contributed by atoms with E-state index in [1.165, 1.54) is 13.8 Å². The average Bonchev–Trinajstić information content (AvgIpc) is 2.27. The summed E-state index contributed by atoms with van der Waals surface area (Å²) < 4.78 is 16.4. The topological polar surface area (TPSA) is 61.8 Å². The molecule has 1 aliphatic heterocycles. The highest BCUT2D eigenvalue weighted by Crippen LogP contribution is 2.31. The minimum Gasteiger partial charge on any atom is -0.458 e. The second-order valence-corrected chi connectivity index (χ2v) is 4.80. The van der Waals surface area contributed by atoms with Crippen molar-refractivity contribution < 1.29 is 23.8 Å². The predicted octanol–water partition coefficient (Wildman–Crippen LogP) is 1.68. The van der Waals surface area contributed by atoms with E-state index in [0.717, 1.165) is 6.42 Å². The van der Waals surface area contributed by atoms with E-state index in [2.05, 4.69) is 0 Å². The van der Waals surface area contributed by atoms with Crippen molar-refractivity contribution in [1.82, 2.24) is 0 Å². The molecule has 0 aromatic rings. The third-order valence-electron chi connectivity index (χ3n) is 3.29. The molecule has 5 atom stereocenters. The van der Waals surface area contributed by atoms with Crippen LogP contribution in [0.2, 0.25) is 0 Å². The highest BCUT2D eigenvalue weighted by Gasteiger charge is 2.45. The van der Waals surface area contributed by atoms with Crippen LogP contribution in [0.5, 0.6) is 0 Å². The molecule has 1 saturated heterocycles. The minimum absolute atomic E-state index is 0.000509. The van der Waals surface area contributed by atoms with Gasteiger partial charge in [-0.1, -0.05) is 13.8 Å². The normalized spacial score (nSPS) is 35.9. The van der Waals surface area contributed by atoms with Crippen LogP contribution >= 0.6 is 0 Å². The summed E-state index contributed by atoms with van der Waals surface area (Å²) in [6.45, 7) is 8.50. The third kappa shape index (κ3) is 3.45. The molecule has 5 heteroatoms. The van der Waals surface area contributed by atoms with Crippen molar-refractivity contribution >= 4 is 11.9 Å². The zero-order chi connectivity index (χ0) is 13.9. The fourth-order valence-corrected chi connectivity index (χ4v) is 2.44. The smallest absolute Gasteiger partial charge is 0.303 e. The summed E-state index contributed by atoms with van der Waals surface area (Å²) in [5.41, 5.74) is 0. The van der Waals surface area contributed by atoms with Crippen LogP contribution in [0.25, 0.3) is 0 Å². The first-order valence-corrected chi connectivity index (χ1v) is 6.36. The van der Waals surface area contributed by atoms with E-state index in [4.69, 9.17) is 14.2 Å². The summed E-state index contributed by atoms with van der Waals surface area (Å²) in [6.07, 6.45) is -0.421. The summed E-state index contributed by atoms with van der Waals surface area (Å²) in [5.74, 6) is -0.762. The molecule has 0 aromatic heterocycles. The number of hydrogen-bond acceptors (Lipinski definition) is 5. The molecule has 0 bridgehead atoms. The second kappa shape index (κ2) is 6.18. The van der Waals surface area contributed by atoms with Gasteiger partial charge in [-0.15, -0.1) is 0 Å². The summed E-state index contributed by atoms with van der Waals surface area (Å²) in [4.78, 5) is 22.3. The van der Waals surface area contributed by atoms with Crippen molar-refractivity contribution in [2.24, 2.45) is 5.92 Å². The van der Waals surface area contributed by atoms with Crippen molar-refractivity contribution in [3.63, 3.8) is 0 Å². The molecular weight excluding hydrogens is 236 g/mol. The molecule has 1 rings (SSSR count). The van der Waals surface area contributed by atoms with Crippen LogP contribution in [0.4, 0.5) is 0 Å². The lowest BCUT2D eigenvalue weighted by Crippen LogP contribution is -2.55. The Balaban J connectivity index is 2.89. The SMILES string of the molecule is CC[C@H]1O[C@@H](C)[C@H](OC(C)=O)[C@@H](OC(C)=O)[C@@H]1C. The molecule has 0 N–H and O–H groups in total. The van der Waals surface area contributed by atoms with Gasteiger partial charge in [0.2, 0.25) is 0 Å². The highest BCUT2D eigenvalue weighted by molar-refractivity contribution is 5.67. The van der Waals surface area contributed by atoms with Crippen molar-refractivity contribution in [3.05, 3.63) is 0 Å². The number of ether oxygens (including phenoxy) is 3. The summed E-state index contributed by atoms with van der Waals surface area (Å²) in [7, 11) is 0. The van der Waals surface area contributed by atoms with E-state index in [1.54, 1.807) is 0 Å². The molecular formula is C13H22O5. The van der Waals surface area contributed by atoms with Gasteiger partial charge in [0, 0.05) is 19.8 Å². The first-order chi connectivity index (χ1) is 8.36. The van der Waals surface area contributed by atoms with Gasteiger partial charge in [0.15, 0.2) is 6.10 Å². The minimum atomic E-state index is -0.538. The van der Waals surface area contributed by atoms with E-state index >= 15 is 0 Å². The van der Waals surface area contributed by atoms with Gasteiger partial charge in [-0.3, -0.25) is 9.59 Å². The quantitative estimate of drug-likeness (QED) is 0.721. The summed E-state index contributed by atoms with van der Waals surface area (Å²) in [5, 5.41) is 0. The monoisotopic (exact) mass is 258 g/mol. The van der Waals surface area contributed by atoms with E-state index < -0.39 is 18.2 Å². The molecule has 1 fully saturated rings. The Morgan fingerprint density at radius 3 is 2.00 bits per heavy atom. The maximum Gasteiger partial charge on any atom is 0.303 e. The molecule has 0 aromatic carbocycles. The molecule has 0 radical (unpaired) electrons. The van der Waals surface area contributed by atoms with Crippen molar-refractivity contribution in [1.29, 1.82) is 0 Å². The first kappa shape index (κ1) is 15.0. The van der Waals surface area contributed by atoms with Gasteiger partial charge in [-0.05, 0) is 13.3 Å². The van der Waals surface area contributed by atoms with Gasteiger partial charge in [-0.25, -0.2) is 0 Å². The van der Waals surface area contributed by atoms with Crippen LogP contribution < -0.4 is 0 Å². The second-order valence-electron chi connectivity index (χ2n) is 4.80. The fraction of sp³-hybridized carbons (Fsp3) is 0.846. The Labute approximate surface area is 108 Å². The first-order valence-electron chi connectivity index (χ1n) is 6.36. The molecule has 0 spiro atoms. The molecule has 1 heterocycles. The van der Waals surface area contributed by atoms with Crippen molar-refractivity contribution in [2.45, 2.75) is 65.5 Å². The molecule has 5 nitrogen and oxygen atoms in total. The van der Waals surface area contributed by atoms with Gasteiger partial charge < -0.3 is 14.2 Å². The highest BCUT2D eigenvalue weighted by atomic mass is 16.6. The van der Waals surface area contributed by atoms with Crippen LogP contribution in [-0.2, 0) is 23.8 Å². The maximum atomic E-state index is 11.2. The molecule has 18 heavy (non-hydrogen) atoms. The Kier molecular flexibility index (Phi) is 5.14. The molecule has 1 aliphatic rings. The number of hydrogen-bond donors (Lipinski definition) is 0. The zero-order valence-electron chi connectivity index (χ0n) is 11.6.